The van der Waals surface area contributed by atoms with E-state index in [1.165, 1.54) is 7.11 Å². The Labute approximate surface area is 171 Å². The summed E-state index contributed by atoms with van der Waals surface area (Å²) in [6.07, 6.45) is 0. The molecular weight excluding hydrogens is 394 g/mol. The molecule has 0 spiro atoms. The Morgan fingerprint density at radius 2 is 1.86 bits per heavy atom. The molecule has 29 heavy (non-hydrogen) atoms. The Hall–Kier alpha value is -3.33. The second-order valence-corrected chi connectivity index (χ2v) is 6.86. The Morgan fingerprint density at radius 1 is 1.10 bits per heavy atom. The van der Waals surface area contributed by atoms with Gasteiger partial charge in [-0.25, -0.2) is 4.79 Å². The predicted molar refractivity (Wildman–Crippen MR) is 107 cm³/mol. The number of esters is 1. The van der Waals surface area contributed by atoms with Crippen LogP contribution in [0.3, 0.4) is 0 Å². The second kappa shape index (κ2) is 9.74. The van der Waals surface area contributed by atoms with Crippen LogP contribution >= 0.6 is 11.8 Å². The number of methoxy groups -OCH3 is 1. The summed E-state index contributed by atoms with van der Waals surface area (Å²) in [5.74, 6) is 0.206. The van der Waals surface area contributed by atoms with Gasteiger partial charge in [0.25, 0.3) is 11.1 Å². The molecular formula is C20H19N3O5S. The van der Waals surface area contributed by atoms with Gasteiger partial charge in [-0.3, -0.25) is 4.79 Å². The van der Waals surface area contributed by atoms with Crippen molar-refractivity contribution >= 4 is 29.3 Å². The summed E-state index contributed by atoms with van der Waals surface area (Å²) in [4.78, 5) is 23.9. The van der Waals surface area contributed by atoms with Gasteiger partial charge in [0, 0.05) is 0 Å². The number of ether oxygens (including phenoxy) is 2. The van der Waals surface area contributed by atoms with E-state index in [-0.39, 0.29) is 29.1 Å². The number of anilines is 1. The predicted octanol–water partition coefficient (Wildman–Crippen LogP) is 3.47. The van der Waals surface area contributed by atoms with Gasteiger partial charge in [0.1, 0.15) is 5.75 Å². The number of benzene rings is 2. The molecule has 0 unspecified atom stereocenters. The van der Waals surface area contributed by atoms with Crippen molar-refractivity contribution in [2.24, 2.45) is 0 Å². The average Bonchev–Trinajstić information content (AvgIpc) is 3.19. The number of rotatable bonds is 8. The van der Waals surface area contributed by atoms with Crippen molar-refractivity contribution in [2.45, 2.75) is 18.8 Å². The quantitative estimate of drug-likeness (QED) is 0.442. The van der Waals surface area contributed by atoms with E-state index in [0.29, 0.717) is 17.3 Å². The SMILES string of the molecule is COC(=O)c1ccccc1NC(=O)CSc1nnc(COc2ccc(C)cc2)o1. The number of nitrogens with zero attached hydrogens (tertiary/aromatic N) is 2. The number of thioether (sulfide) groups is 1. The molecule has 2 aromatic carbocycles. The van der Waals surface area contributed by atoms with Gasteiger partial charge >= 0.3 is 5.97 Å². The first kappa shape index (κ1) is 20.4. The number of aryl methyl sites for hydroxylation is 1. The molecule has 8 nitrogen and oxygen atoms in total. The first-order valence-electron chi connectivity index (χ1n) is 8.67. The molecule has 0 fully saturated rings. The van der Waals surface area contributed by atoms with E-state index >= 15 is 0 Å². The molecule has 0 saturated carbocycles. The number of hydrogen-bond donors (Lipinski definition) is 1. The largest absolute Gasteiger partial charge is 0.484 e. The van der Waals surface area contributed by atoms with Crippen LogP contribution in [0, 0.1) is 6.92 Å². The molecule has 0 aliphatic rings. The first-order valence-corrected chi connectivity index (χ1v) is 9.65. The minimum Gasteiger partial charge on any atom is -0.484 e. The van der Waals surface area contributed by atoms with Crippen LogP contribution in [0.25, 0.3) is 0 Å². The van der Waals surface area contributed by atoms with Gasteiger partial charge < -0.3 is 19.2 Å². The summed E-state index contributed by atoms with van der Waals surface area (Å²) < 4.78 is 15.8. The highest BCUT2D eigenvalue weighted by atomic mass is 32.2. The number of nitrogens with one attached hydrogen (secondary N) is 1. The fraction of sp³-hybridized carbons (Fsp3) is 0.200. The summed E-state index contributed by atoms with van der Waals surface area (Å²) in [7, 11) is 1.28. The van der Waals surface area contributed by atoms with Crippen LogP contribution in [0.1, 0.15) is 21.8 Å². The molecule has 9 heteroatoms. The Kier molecular flexibility index (Phi) is 6.85. The lowest BCUT2D eigenvalue weighted by molar-refractivity contribution is -0.113. The van der Waals surface area contributed by atoms with Gasteiger partial charge in [-0.15, -0.1) is 10.2 Å². The molecule has 1 aromatic heterocycles. The van der Waals surface area contributed by atoms with Crippen LogP contribution in [0.2, 0.25) is 0 Å². The molecule has 0 radical (unpaired) electrons. The molecule has 3 aromatic rings. The van der Waals surface area contributed by atoms with Crippen LogP contribution < -0.4 is 10.1 Å². The monoisotopic (exact) mass is 413 g/mol. The standard InChI is InChI=1S/C20H19N3O5S/c1-13-7-9-14(10-8-13)27-11-18-22-23-20(28-18)29-12-17(24)21-16-6-4-3-5-15(16)19(25)26-2/h3-10H,11-12H2,1-2H3,(H,21,24). The zero-order valence-electron chi connectivity index (χ0n) is 15.9. The highest BCUT2D eigenvalue weighted by Crippen LogP contribution is 2.20. The van der Waals surface area contributed by atoms with Crippen molar-refractivity contribution < 1.29 is 23.5 Å². The Bertz CT molecular complexity index is 988. The van der Waals surface area contributed by atoms with Crippen LogP contribution in [-0.2, 0) is 16.1 Å². The molecule has 0 bridgehead atoms. The van der Waals surface area contributed by atoms with Crippen molar-refractivity contribution in [3.63, 3.8) is 0 Å². The lowest BCUT2D eigenvalue weighted by Crippen LogP contribution is -2.17. The molecule has 1 heterocycles. The highest BCUT2D eigenvalue weighted by Gasteiger charge is 2.15. The zero-order chi connectivity index (χ0) is 20.6. The fourth-order valence-corrected chi connectivity index (χ4v) is 2.91. The van der Waals surface area contributed by atoms with Gasteiger partial charge in [-0.05, 0) is 31.2 Å². The topological polar surface area (TPSA) is 104 Å². The maximum Gasteiger partial charge on any atom is 0.339 e. The summed E-state index contributed by atoms with van der Waals surface area (Å²) in [5.41, 5.74) is 1.80. The molecule has 0 aliphatic heterocycles. The molecule has 1 amide bonds. The smallest absolute Gasteiger partial charge is 0.339 e. The maximum absolute atomic E-state index is 12.2. The first-order chi connectivity index (χ1) is 14.0. The summed E-state index contributed by atoms with van der Waals surface area (Å²) in [6.45, 7) is 2.13. The Balaban J connectivity index is 1.50. The number of amides is 1. The highest BCUT2D eigenvalue weighted by molar-refractivity contribution is 7.99. The maximum atomic E-state index is 12.2. The van der Waals surface area contributed by atoms with E-state index < -0.39 is 5.97 Å². The molecule has 0 aliphatic carbocycles. The fourth-order valence-electron chi connectivity index (χ4n) is 2.33. The Morgan fingerprint density at radius 3 is 2.62 bits per heavy atom. The molecule has 3 rings (SSSR count). The third kappa shape index (κ3) is 5.82. The third-order valence-corrected chi connectivity index (χ3v) is 4.58. The van der Waals surface area contributed by atoms with Crippen LogP contribution in [0.4, 0.5) is 5.69 Å². The third-order valence-electron chi connectivity index (χ3n) is 3.76. The molecule has 0 atom stereocenters. The number of hydrogen-bond acceptors (Lipinski definition) is 8. The van der Waals surface area contributed by atoms with Crippen LogP contribution in [0.5, 0.6) is 5.75 Å². The number of para-hydroxylation sites is 1. The average molecular weight is 413 g/mol. The lowest BCUT2D eigenvalue weighted by Gasteiger charge is -2.08. The molecule has 0 saturated heterocycles. The van der Waals surface area contributed by atoms with E-state index in [2.05, 4.69) is 15.5 Å². The van der Waals surface area contributed by atoms with Crippen molar-refractivity contribution in [1.29, 1.82) is 0 Å². The van der Waals surface area contributed by atoms with E-state index in [0.717, 1.165) is 17.3 Å². The molecule has 1 N–H and O–H groups in total. The summed E-state index contributed by atoms with van der Waals surface area (Å²) in [5, 5.41) is 10.7. The number of carbonyl (C=O) groups excluding carboxylic acids is 2. The minimum atomic E-state index is -0.524. The minimum absolute atomic E-state index is 0.0377. The van der Waals surface area contributed by atoms with Crippen molar-refractivity contribution in [3.8, 4) is 5.75 Å². The molecule has 150 valence electrons. The van der Waals surface area contributed by atoms with Crippen molar-refractivity contribution in [2.75, 3.05) is 18.2 Å². The van der Waals surface area contributed by atoms with Gasteiger partial charge in [0.2, 0.25) is 5.91 Å². The van der Waals surface area contributed by atoms with E-state index in [4.69, 9.17) is 13.9 Å². The van der Waals surface area contributed by atoms with Crippen molar-refractivity contribution in [1.82, 2.24) is 10.2 Å². The number of carbonyl (C=O) groups is 2. The summed E-state index contributed by atoms with van der Waals surface area (Å²) in [6, 6.07) is 14.2. The van der Waals surface area contributed by atoms with Gasteiger partial charge in [0.05, 0.1) is 24.1 Å². The lowest BCUT2D eigenvalue weighted by atomic mass is 10.2. The van der Waals surface area contributed by atoms with Crippen LogP contribution in [0.15, 0.2) is 58.2 Å². The van der Waals surface area contributed by atoms with E-state index in [1.807, 2.05) is 31.2 Å². The van der Waals surface area contributed by atoms with Crippen LogP contribution in [-0.4, -0.2) is 34.9 Å². The number of aromatic nitrogens is 2. The summed E-state index contributed by atoms with van der Waals surface area (Å²) >= 11 is 1.09. The second-order valence-electron chi connectivity index (χ2n) is 5.94. The van der Waals surface area contributed by atoms with Crippen molar-refractivity contribution in [3.05, 3.63) is 65.5 Å². The van der Waals surface area contributed by atoms with Gasteiger partial charge in [0.15, 0.2) is 6.61 Å². The normalized spacial score (nSPS) is 10.4. The van der Waals surface area contributed by atoms with Gasteiger partial charge in [-0.2, -0.15) is 0 Å². The zero-order valence-corrected chi connectivity index (χ0v) is 16.7. The van der Waals surface area contributed by atoms with E-state index in [1.54, 1.807) is 24.3 Å². The van der Waals surface area contributed by atoms with E-state index in [9.17, 15) is 9.59 Å². The van der Waals surface area contributed by atoms with Gasteiger partial charge in [-0.1, -0.05) is 41.6 Å².